The van der Waals surface area contributed by atoms with Gasteiger partial charge in [0.2, 0.25) is 0 Å². The predicted octanol–water partition coefficient (Wildman–Crippen LogP) is 1.73. The lowest BCUT2D eigenvalue weighted by molar-refractivity contribution is 0.241. The second kappa shape index (κ2) is 8.22. The number of rotatable bonds is 8. The third-order valence-electron chi connectivity index (χ3n) is 4.16. The first-order valence-electron chi connectivity index (χ1n) is 7.52. The van der Waals surface area contributed by atoms with Gasteiger partial charge in [-0.2, -0.15) is 0 Å². The minimum absolute atomic E-state index is 0.0989. The van der Waals surface area contributed by atoms with E-state index in [1.54, 1.807) is 0 Å². The number of sulfone groups is 1. The zero-order valence-corrected chi connectivity index (χ0v) is 13.1. The van der Waals surface area contributed by atoms with Gasteiger partial charge in [0, 0.05) is 18.9 Å². The molecule has 1 saturated carbocycles. The molecule has 0 spiro atoms. The zero-order valence-electron chi connectivity index (χ0n) is 12.3. The molecule has 0 radical (unpaired) electrons. The van der Waals surface area contributed by atoms with Gasteiger partial charge in [-0.05, 0) is 38.1 Å². The molecule has 3 unspecified atom stereocenters. The summed E-state index contributed by atoms with van der Waals surface area (Å²) < 4.78 is 23.6. The highest BCUT2D eigenvalue weighted by molar-refractivity contribution is 7.91. The Balaban J connectivity index is 2.52. The molecule has 5 heteroatoms. The van der Waals surface area contributed by atoms with Crippen LogP contribution in [-0.2, 0) is 9.84 Å². The fraction of sp³-hybridized carbons (Fsp3) is 1.00. The van der Waals surface area contributed by atoms with E-state index in [1.807, 2.05) is 0 Å². The van der Waals surface area contributed by atoms with Gasteiger partial charge < -0.3 is 10.4 Å². The summed E-state index contributed by atoms with van der Waals surface area (Å²) in [6.07, 6.45) is 8.22. The van der Waals surface area contributed by atoms with Crippen molar-refractivity contribution < 1.29 is 13.5 Å². The zero-order chi connectivity index (χ0) is 14.3. The van der Waals surface area contributed by atoms with Gasteiger partial charge in [0.05, 0.1) is 5.25 Å². The van der Waals surface area contributed by atoms with Gasteiger partial charge in [-0.1, -0.05) is 26.2 Å². The van der Waals surface area contributed by atoms with Gasteiger partial charge in [-0.15, -0.1) is 0 Å². The van der Waals surface area contributed by atoms with E-state index in [0.717, 1.165) is 51.5 Å². The first kappa shape index (κ1) is 16.9. The smallest absolute Gasteiger partial charge is 0.151 e. The van der Waals surface area contributed by atoms with Gasteiger partial charge in [0.15, 0.2) is 9.84 Å². The van der Waals surface area contributed by atoms with E-state index in [4.69, 9.17) is 5.11 Å². The normalized spacial score (nSPS) is 26.3. The van der Waals surface area contributed by atoms with Crippen molar-refractivity contribution in [2.24, 2.45) is 5.92 Å². The number of hydrogen-bond donors (Lipinski definition) is 2. The molecular weight excluding hydrogens is 262 g/mol. The molecule has 1 aliphatic carbocycles. The van der Waals surface area contributed by atoms with E-state index >= 15 is 0 Å². The van der Waals surface area contributed by atoms with Gasteiger partial charge in [-0.25, -0.2) is 8.42 Å². The van der Waals surface area contributed by atoms with Gasteiger partial charge in [-0.3, -0.25) is 0 Å². The highest BCUT2D eigenvalue weighted by Gasteiger charge is 2.32. The number of nitrogens with one attached hydrogen (secondary N) is 1. The maximum atomic E-state index is 11.8. The molecule has 4 nitrogen and oxygen atoms in total. The second-order valence-corrected chi connectivity index (χ2v) is 8.10. The molecule has 1 fully saturated rings. The van der Waals surface area contributed by atoms with Crippen LogP contribution < -0.4 is 5.32 Å². The summed E-state index contributed by atoms with van der Waals surface area (Å²) in [7, 11) is -2.96. The molecule has 0 aliphatic heterocycles. The standard InChI is InChI=1S/C14H29NO3S/c1-3-6-12(9-10-16)11-15-13-7-4-5-8-14(13)19(2,17)18/h12-16H,3-11H2,1-2H3. The monoisotopic (exact) mass is 291 g/mol. The maximum Gasteiger partial charge on any atom is 0.151 e. The van der Waals surface area contributed by atoms with E-state index in [0.29, 0.717) is 5.92 Å². The Hall–Kier alpha value is -0.130. The molecule has 3 atom stereocenters. The van der Waals surface area contributed by atoms with Crippen LogP contribution in [0.1, 0.15) is 51.9 Å². The van der Waals surface area contributed by atoms with Gasteiger partial charge >= 0.3 is 0 Å². The Morgan fingerprint density at radius 3 is 2.53 bits per heavy atom. The summed E-state index contributed by atoms with van der Waals surface area (Å²) in [5.74, 6) is 0.456. The molecule has 0 aromatic heterocycles. The molecule has 0 saturated heterocycles. The molecule has 2 N–H and O–H groups in total. The maximum absolute atomic E-state index is 11.8. The SMILES string of the molecule is CCCC(CCO)CNC1CCCCC1S(C)(=O)=O. The molecule has 114 valence electrons. The van der Waals surface area contributed by atoms with Crippen LogP contribution in [-0.4, -0.2) is 44.2 Å². The van der Waals surface area contributed by atoms with Crippen LogP contribution in [0.5, 0.6) is 0 Å². The van der Waals surface area contributed by atoms with Crippen LogP contribution in [0, 0.1) is 5.92 Å². The van der Waals surface area contributed by atoms with Crippen molar-refractivity contribution in [2.45, 2.75) is 63.2 Å². The largest absolute Gasteiger partial charge is 0.396 e. The summed E-state index contributed by atoms with van der Waals surface area (Å²) in [6, 6.07) is 0.0989. The fourth-order valence-electron chi connectivity index (χ4n) is 3.10. The lowest BCUT2D eigenvalue weighted by Crippen LogP contribution is -2.47. The van der Waals surface area contributed by atoms with E-state index in [2.05, 4.69) is 12.2 Å². The fourth-order valence-corrected chi connectivity index (χ4v) is 4.52. The van der Waals surface area contributed by atoms with E-state index < -0.39 is 9.84 Å². The van der Waals surface area contributed by atoms with Crippen molar-refractivity contribution in [1.29, 1.82) is 0 Å². The first-order chi connectivity index (χ1) is 8.99. The van der Waals surface area contributed by atoms with Crippen molar-refractivity contribution in [3.05, 3.63) is 0 Å². The Bertz CT molecular complexity index is 337. The number of aliphatic hydroxyl groups is 1. The number of aliphatic hydroxyl groups excluding tert-OH is 1. The van der Waals surface area contributed by atoms with Crippen molar-refractivity contribution in [3.8, 4) is 0 Å². The van der Waals surface area contributed by atoms with Crippen molar-refractivity contribution in [1.82, 2.24) is 5.32 Å². The van der Waals surface area contributed by atoms with Crippen LogP contribution in [0.25, 0.3) is 0 Å². The quantitative estimate of drug-likeness (QED) is 0.715. The second-order valence-electron chi connectivity index (χ2n) is 5.83. The summed E-state index contributed by atoms with van der Waals surface area (Å²) >= 11 is 0. The summed E-state index contributed by atoms with van der Waals surface area (Å²) in [5.41, 5.74) is 0. The summed E-state index contributed by atoms with van der Waals surface area (Å²) in [4.78, 5) is 0. The topological polar surface area (TPSA) is 66.4 Å². The first-order valence-corrected chi connectivity index (χ1v) is 9.47. The van der Waals surface area contributed by atoms with E-state index in [1.165, 1.54) is 6.26 Å². The van der Waals surface area contributed by atoms with E-state index in [-0.39, 0.29) is 17.9 Å². The molecule has 0 heterocycles. The lowest BCUT2D eigenvalue weighted by atomic mass is 9.93. The molecule has 1 rings (SSSR count). The minimum Gasteiger partial charge on any atom is -0.396 e. The molecule has 0 amide bonds. The molecule has 0 bridgehead atoms. The Morgan fingerprint density at radius 1 is 1.26 bits per heavy atom. The van der Waals surface area contributed by atoms with E-state index in [9.17, 15) is 8.42 Å². The predicted molar refractivity (Wildman–Crippen MR) is 79.0 cm³/mol. The highest BCUT2D eigenvalue weighted by Crippen LogP contribution is 2.24. The Morgan fingerprint density at radius 2 is 1.95 bits per heavy atom. The lowest BCUT2D eigenvalue weighted by Gasteiger charge is -2.32. The van der Waals surface area contributed by atoms with Crippen LogP contribution in [0.4, 0.5) is 0 Å². The Labute approximate surface area is 117 Å². The van der Waals surface area contributed by atoms with Crippen LogP contribution in [0.15, 0.2) is 0 Å². The average Bonchev–Trinajstić information content (AvgIpc) is 2.36. The van der Waals surface area contributed by atoms with Crippen molar-refractivity contribution >= 4 is 9.84 Å². The van der Waals surface area contributed by atoms with Crippen molar-refractivity contribution in [3.63, 3.8) is 0 Å². The molecule has 0 aromatic rings. The molecule has 1 aliphatic rings. The molecule has 0 aromatic carbocycles. The Kier molecular flexibility index (Phi) is 7.32. The highest BCUT2D eigenvalue weighted by atomic mass is 32.2. The van der Waals surface area contributed by atoms with Crippen LogP contribution in [0.2, 0.25) is 0 Å². The van der Waals surface area contributed by atoms with Gasteiger partial charge in [0.25, 0.3) is 0 Å². The van der Waals surface area contributed by atoms with Crippen LogP contribution in [0.3, 0.4) is 0 Å². The summed E-state index contributed by atoms with van der Waals surface area (Å²) in [5, 5.41) is 12.3. The minimum atomic E-state index is -2.96. The third kappa shape index (κ3) is 5.79. The molecule has 19 heavy (non-hydrogen) atoms. The van der Waals surface area contributed by atoms with Crippen LogP contribution >= 0.6 is 0 Å². The molecular formula is C14H29NO3S. The summed E-state index contributed by atoms with van der Waals surface area (Å²) in [6.45, 7) is 3.18. The average molecular weight is 291 g/mol. The van der Waals surface area contributed by atoms with Gasteiger partial charge in [0.1, 0.15) is 0 Å². The third-order valence-corrected chi connectivity index (χ3v) is 5.82. The van der Waals surface area contributed by atoms with Crippen molar-refractivity contribution in [2.75, 3.05) is 19.4 Å². The number of hydrogen-bond acceptors (Lipinski definition) is 4.